The maximum Gasteiger partial charge on any atom is 0.244 e. The number of fused-ring (bicyclic) bond motifs is 1. The third kappa shape index (κ3) is 2.78. The monoisotopic (exact) mass is 312 g/mol. The molecule has 3 aromatic rings. The molecule has 2 heterocycles. The third-order valence-electron chi connectivity index (χ3n) is 3.43. The molecule has 3 N–H and O–H groups in total. The molecule has 0 saturated heterocycles. The van der Waals surface area contributed by atoms with E-state index in [-0.39, 0.29) is 0 Å². The number of aryl methyl sites for hydroxylation is 1. The van der Waals surface area contributed by atoms with Crippen LogP contribution in [-0.4, -0.2) is 15.9 Å². The highest BCUT2D eigenvalue weighted by atomic mass is 32.1. The summed E-state index contributed by atoms with van der Waals surface area (Å²) < 4.78 is 0. The Bertz CT molecular complexity index is 800. The Kier molecular flexibility index (Phi) is 4.02. The summed E-state index contributed by atoms with van der Waals surface area (Å²) in [4.78, 5) is 22.5. The van der Waals surface area contributed by atoms with Crippen molar-refractivity contribution in [3.63, 3.8) is 0 Å². The van der Waals surface area contributed by atoms with E-state index >= 15 is 0 Å². The lowest BCUT2D eigenvalue weighted by Gasteiger charge is -2.16. The average Bonchev–Trinajstić information content (AvgIpc) is 2.97. The molecule has 0 aliphatic carbocycles. The Morgan fingerprint density at radius 1 is 1.32 bits per heavy atom. The molecule has 1 amide bonds. The van der Waals surface area contributed by atoms with E-state index in [1.807, 2.05) is 30.3 Å². The van der Waals surface area contributed by atoms with Gasteiger partial charge >= 0.3 is 0 Å². The Morgan fingerprint density at radius 2 is 2.09 bits per heavy atom. The SMILES string of the molecule is CCc1cc2c(NC(C(N)=O)c3ccccc3)ncnc2s1. The minimum atomic E-state index is -0.621. The van der Waals surface area contributed by atoms with Crippen molar-refractivity contribution in [1.82, 2.24) is 9.97 Å². The molecule has 0 fully saturated rings. The zero-order valence-corrected chi connectivity index (χ0v) is 12.9. The molecule has 6 heteroatoms. The predicted octanol–water partition coefficient (Wildman–Crippen LogP) is 2.89. The molecule has 22 heavy (non-hydrogen) atoms. The van der Waals surface area contributed by atoms with Crippen molar-refractivity contribution in [3.8, 4) is 0 Å². The van der Waals surface area contributed by atoms with Crippen molar-refractivity contribution in [1.29, 1.82) is 0 Å². The average molecular weight is 312 g/mol. The van der Waals surface area contributed by atoms with Gasteiger partial charge in [0, 0.05) is 4.88 Å². The first-order chi connectivity index (χ1) is 10.7. The largest absolute Gasteiger partial charge is 0.368 e. The number of nitrogens with one attached hydrogen (secondary N) is 1. The molecular formula is C16H16N4OS. The Balaban J connectivity index is 2.00. The highest BCUT2D eigenvalue weighted by molar-refractivity contribution is 7.18. The maximum atomic E-state index is 11.8. The van der Waals surface area contributed by atoms with Crippen molar-refractivity contribution < 1.29 is 4.79 Å². The van der Waals surface area contributed by atoms with Gasteiger partial charge in [-0.3, -0.25) is 4.79 Å². The topological polar surface area (TPSA) is 80.9 Å². The van der Waals surface area contributed by atoms with E-state index in [0.29, 0.717) is 5.82 Å². The number of rotatable bonds is 5. The minimum absolute atomic E-state index is 0.441. The number of hydrogen-bond donors (Lipinski definition) is 2. The van der Waals surface area contributed by atoms with Gasteiger partial charge in [0.2, 0.25) is 5.91 Å². The number of amides is 1. The molecule has 0 saturated carbocycles. The summed E-state index contributed by atoms with van der Waals surface area (Å²) in [7, 11) is 0. The van der Waals surface area contributed by atoms with Gasteiger partial charge in [-0.05, 0) is 18.1 Å². The number of carbonyl (C=O) groups excluding carboxylic acids is 1. The zero-order valence-electron chi connectivity index (χ0n) is 12.1. The molecule has 5 nitrogen and oxygen atoms in total. The van der Waals surface area contributed by atoms with Crippen LogP contribution in [0.1, 0.15) is 23.4 Å². The number of nitrogens with zero attached hydrogens (tertiary/aromatic N) is 2. The van der Waals surface area contributed by atoms with Crippen LogP contribution in [0, 0.1) is 0 Å². The lowest BCUT2D eigenvalue weighted by molar-refractivity contribution is -0.118. The molecule has 112 valence electrons. The highest BCUT2D eigenvalue weighted by Crippen LogP contribution is 2.30. The van der Waals surface area contributed by atoms with Crippen LogP contribution >= 0.6 is 11.3 Å². The molecule has 1 atom stereocenters. The van der Waals surface area contributed by atoms with Gasteiger partial charge in [-0.2, -0.15) is 0 Å². The van der Waals surface area contributed by atoms with Crippen LogP contribution in [0.15, 0.2) is 42.7 Å². The summed E-state index contributed by atoms with van der Waals surface area (Å²) in [5.74, 6) is 0.192. The summed E-state index contributed by atoms with van der Waals surface area (Å²) >= 11 is 1.64. The van der Waals surface area contributed by atoms with E-state index in [1.165, 1.54) is 11.2 Å². The number of aromatic nitrogens is 2. The van der Waals surface area contributed by atoms with Crippen LogP contribution in [0.2, 0.25) is 0 Å². The van der Waals surface area contributed by atoms with E-state index in [2.05, 4.69) is 28.3 Å². The number of thiophene rings is 1. The van der Waals surface area contributed by atoms with Crippen LogP contribution < -0.4 is 11.1 Å². The Hall–Kier alpha value is -2.47. The third-order valence-corrected chi connectivity index (χ3v) is 4.61. The van der Waals surface area contributed by atoms with Gasteiger partial charge in [0.15, 0.2) is 0 Å². The van der Waals surface area contributed by atoms with Crippen molar-refractivity contribution >= 4 is 33.3 Å². The van der Waals surface area contributed by atoms with Gasteiger partial charge in [-0.1, -0.05) is 37.3 Å². The molecule has 2 aromatic heterocycles. The number of primary amides is 1. The van der Waals surface area contributed by atoms with Crippen molar-refractivity contribution in [2.75, 3.05) is 5.32 Å². The first-order valence-electron chi connectivity index (χ1n) is 7.03. The van der Waals surface area contributed by atoms with E-state index in [0.717, 1.165) is 22.2 Å². The first kappa shape index (κ1) is 14.5. The number of hydrogen-bond acceptors (Lipinski definition) is 5. The zero-order chi connectivity index (χ0) is 15.5. The van der Waals surface area contributed by atoms with Gasteiger partial charge in [0.1, 0.15) is 23.0 Å². The van der Waals surface area contributed by atoms with Crippen LogP contribution in [-0.2, 0) is 11.2 Å². The molecule has 3 rings (SSSR count). The van der Waals surface area contributed by atoms with E-state index in [9.17, 15) is 4.79 Å². The molecule has 0 bridgehead atoms. The second-order valence-corrected chi connectivity index (χ2v) is 6.01. The van der Waals surface area contributed by atoms with Crippen LogP contribution in [0.4, 0.5) is 5.82 Å². The van der Waals surface area contributed by atoms with Crippen LogP contribution in [0.5, 0.6) is 0 Å². The summed E-state index contributed by atoms with van der Waals surface area (Å²) in [5.41, 5.74) is 6.36. The smallest absolute Gasteiger partial charge is 0.244 e. The predicted molar refractivity (Wildman–Crippen MR) is 88.8 cm³/mol. The van der Waals surface area contributed by atoms with Gasteiger partial charge < -0.3 is 11.1 Å². The second kappa shape index (κ2) is 6.11. The van der Waals surface area contributed by atoms with E-state index < -0.39 is 11.9 Å². The molecule has 0 aliphatic heterocycles. The molecule has 1 unspecified atom stereocenters. The number of nitrogens with two attached hydrogens (primary N) is 1. The first-order valence-corrected chi connectivity index (χ1v) is 7.85. The normalized spacial score (nSPS) is 12.2. The summed E-state index contributed by atoms with van der Waals surface area (Å²) in [5, 5.41) is 4.08. The number of anilines is 1. The lowest BCUT2D eigenvalue weighted by atomic mass is 10.1. The van der Waals surface area contributed by atoms with E-state index in [4.69, 9.17) is 5.73 Å². The van der Waals surface area contributed by atoms with Gasteiger partial charge in [-0.15, -0.1) is 11.3 Å². The number of carbonyl (C=O) groups is 1. The van der Waals surface area contributed by atoms with Crippen LogP contribution in [0.3, 0.4) is 0 Å². The fourth-order valence-corrected chi connectivity index (χ4v) is 3.23. The summed E-state index contributed by atoms with van der Waals surface area (Å²) in [6.07, 6.45) is 2.45. The Morgan fingerprint density at radius 3 is 2.77 bits per heavy atom. The quantitative estimate of drug-likeness (QED) is 0.759. The number of benzene rings is 1. The van der Waals surface area contributed by atoms with Gasteiger partial charge in [-0.25, -0.2) is 9.97 Å². The molecule has 0 spiro atoms. The maximum absolute atomic E-state index is 11.8. The lowest BCUT2D eigenvalue weighted by Crippen LogP contribution is -2.28. The fraction of sp³-hybridized carbons (Fsp3) is 0.188. The summed E-state index contributed by atoms with van der Waals surface area (Å²) in [6.45, 7) is 2.10. The van der Waals surface area contributed by atoms with Crippen molar-refractivity contribution in [2.24, 2.45) is 5.73 Å². The van der Waals surface area contributed by atoms with Gasteiger partial charge in [0.05, 0.1) is 5.39 Å². The van der Waals surface area contributed by atoms with Crippen LogP contribution in [0.25, 0.3) is 10.2 Å². The molecule has 0 aliphatic rings. The highest BCUT2D eigenvalue weighted by Gasteiger charge is 2.19. The molecular weight excluding hydrogens is 296 g/mol. The second-order valence-electron chi connectivity index (χ2n) is 4.90. The van der Waals surface area contributed by atoms with Crippen molar-refractivity contribution in [3.05, 3.63) is 53.2 Å². The van der Waals surface area contributed by atoms with Crippen molar-refractivity contribution in [2.45, 2.75) is 19.4 Å². The van der Waals surface area contributed by atoms with E-state index in [1.54, 1.807) is 11.3 Å². The Labute approximate surface area is 132 Å². The standard InChI is InChI=1S/C16H16N4OS/c1-2-11-8-12-15(18-9-19-16(12)22-11)20-13(14(17)21)10-6-4-3-5-7-10/h3-9,13H,2H2,1H3,(H2,17,21)(H,18,19,20). The molecule has 1 aromatic carbocycles. The fourth-order valence-electron chi connectivity index (χ4n) is 2.30. The summed E-state index contributed by atoms with van der Waals surface area (Å²) in [6, 6.07) is 10.8. The minimum Gasteiger partial charge on any atom is -0.368 e. The molecule has 0 radical (unpaired) electrons. The van der Waals surface area contributed by atoms with Gasteiger partial charge in [0.25, 0.3) is 0 Å².